The van der Waals surface area contributed by atoms with Crippen LogP contribution in [0.2, 0.25) is 0 Å². The lowest BCUT2D eigenvalue weighted by molar-refractivity contribution is 0.209. The summed E-state index contributed by atoms with van der Waals surface area (Å²) >= 11 is 3.57. The number of carbonyl (C=O) groups excluding carboxylic acids is 1. The average Bonchev–Trinajstić information content (AvgIpc) is 2.99. The number of ether oxygens (including phenoxy) is 1. The highest BCUT2D eigenvalue weighted by molar-refractivity contribution is 14.1. The average molecular weight is 459 g/mol. The molecule has 0 unspecified atom stereocenters. The van der Waals surface area contributed by atoms with E-state index < -0.39 is 0 Å². The summed E-state index contributed by atoms with van der Waals surface area (Å²) in [5.74, 6) is 2.05. The predicted molar refractivity (Wildman–Crippen MR) is 103 cm³/mol. The number of nitrogens with one attached hydrogen (secondary N) is 3. The fraction of sp³-hybridized carbons (Fsp3) is 0.400. The quantitative estimate of drug-likeness (QED) is 0.598. The van der Waals surface area contributed by atoms with Gasteiger partial charge in [-0.25, -0.2) is 9.78 Å². The summed E-state index contributed by atoms with van der Waals surface area (Å²) in [6.07, 6.45) is 2.24. The van der Waals surface area contributed by atoms with Gasteiger partial charge >= 0.3 is 6.03 Å². The molecule has 1 aliphatic rings. The fourth-order valence-electron chi connectivity index (χ4n) is 2.39. The van der Waals surface area contributed by atoms with E-state index in [1.807, 2.05) is 6.07 Å². The van der Waals surface area contributed by atoms with Crippen LogP contribution in [0.1, 0.15) is 12.8 Å². The lowest BCUT2D eigenvalue weighted by Crippen LogP contribution is -2.30. The summed E-state index contributed by atoms with van der Waals surface area (Å²) in [4.78, 5) is 20.4. The van der Waals surface area contributed by atoms with Gasteiger partial charge in [0.1, 0.15) is 11.6 Å². The van der Waals surface area contributed by atoms with Crippen LogP contribution in [-0.4, -0.2) is 35.7 Å². The molecular weight excluding hydrogens is 441 g/mol. The fourth-order valence-corrected chi connectivity index (χ4v) is 3.50. The molecule has 1 fully saturated rings. The summed E-state index contributed by atoms with van der Waals surface area (Å²) in [5.41, 5.74) is 0. The summed E-state index contributed by atoms with van der Waals surface area (Å²) in [7, 11) is 0. The number of hydrogen-bond donors (Lipinski definition) is 3. The Morgan fingerprint density at radius 3 is 2.83 bits per heavy atom. The zero-order valence-corrected chi connectivity index (χ0v) is 15.9. The first kappa shape index (κ1) is 17.4. The van der Waals surface area contributed by atoms with E-state index in [2.05, 4.69) is 48.5 Å². The minimum Gasteiger partial charge on any atom is -0.477 e. The number of urea groups is 1. The normalized spacial score (nSPS) is 15.0. The first-order valence-corrected chi connectivity index (χ1v) is 9.64. The van der Waals surface area contributed by atoms with Crippen molar-refractivity contribution in [2.75, 3.05) is 30.3 Å². The Morgan fingerprint density at radius 2 is 2.08 bits per heavy atom. The number of piperidine rings is 1. The van der Waals surface area contributed by atoms with Gasteiger partial charge in [-0.1, -0.05) is 6.07 Å². The highest BCUT2D eigenvalue weighted by Crippen LogP contribution is 2.18. The van der Waals surface area contributed by atoms with Crippen molar-refractivity contribution in [1.82, 2.24) is 15.3 Å². The third-order valence-electron chi connectivity index (χ3n) is 3.61. The van der Waals surface area contributed by atoms with Crippen LogP contribution >= 0.6 is 33.9 Å². The summed E-state index contributed by atoms with van der Waals surface area (Å²) in [5, 5.41) is 10.5. The Labute approximate surface area is 157 Å². The van der Waals surface area contributed by atoms with Crippen molar-refractivity contribution in [3.63, 3.8) is 0 Å². The molecule has 9 heteroatoms. The molecule has 0 aliphatic carbocycles. The molecule has 24 heavy (non-hydrogen) atoms. The zero-order valence-electron chi connectivity index (χ0n) is 12.9. The Hall–Kier alpha value is -1.46. The van der Waals surface area contributed by atoms with Crippen molar-refractivity contribution < 1.29 is 9.53 Å². The first-order valence-electron chi connectivity index (χ1n) is 7.68. The molecule has 0 saturated carbocycles. The molecule has 0 radical (unpaired) electrons. The molecule has 0 aromatic carbocycles. The van der Waals surface area contributed by atoms with Crippen LogP contribution in [0.4, 0.5) is 16.4 Å². The van der Waals surface area contributed by atoms with Gasteiger partial charge in [-0.15, -0.1) is 11.3 Å². The van der Waals surface area contributed by atoms with Crippen molar-refractivity contribution in [1.29, 1.82) is 0 Å². The number of thiazole rings is 1. The molecule has 2 aromatic rings. The van der Waals surface area contributed by atoms with E-state index in [0.717, 1.165) is 28.9 Å². The highest BCUT2D eigenvalue weighted by Gasteiger charge is 2.14. The first-order chi connectivity index (χ1) is 11.7. The molecule has 3 N–H and O–H groups in total. The monoisotopic (exact) mass is 459 g/mol. The largest absolute Gasteiger partial charge is 0.477 e. The van der Waals surface area contributed by atoms with Gasteiger partial charge in [0.2, 0.25) is 5.88 Å². The van der Waals surface area contributed by atoms with Crippen molar-refractivity contribution in [3.05, 3.63) is 26.6 Å². The number of aromatic nitrogens is 2. The number of anilines is 2. The topological polar surface area (TPSA) is 88.2 Å². The maximum atomic E-state index is 12.0. The molecule has 0 atom stereocenters. The number of hydrogen-bond acceptors (Lipinski definition) is 6. The van der Waals surface area contributed by atoms with Crippen LogP contribution < -0.4 is 20.7 Å². The van der Waals surface area contributed by atoms with Gasteiger partial charge in [0.25, 0.3) is 0 Å². The van der Waals surface area contributed by atoms with Crippen LogP contribution in [0, 0.1) is 8.93 Å². The number of amides is 2. The van der Waals surface area contributed by atoms with Crippen molar-refractivity contribution in [2.45, 2.75) is 12.8 Å². The molecule has 128 valence electrons. The Bertz CT molecular complexity index is 690. The number of pyridine rings is 1. The molecule has 0 spiro atoms. The maximum Gasteiger partial charge on any atom is 0.326 e. The van der Waals surface area contributed by atoms with Gasteiger partial charge in [-0.3, -0.25) is 10.6 Å². The second-order valence-electron chi connectivity index (χ2n) is 5.43. The van der Waals surface area contributed by atoms with Gasteiger partial charge in [0, 0.05) is 11.4 Å². The zero-order chi connectivity index (χ0) is 16.8. The molecule has 1 aliphatic heterocycles. The lowest BCUT2D eigenvalue weighted by Gasteiger charge is -2.22. The number of nitrogens with zero attached hydrogens (tertiary/aromatic N) is 2. The summed E-state index contributed by atoms with van der Waals surface area (Å²) in [6.45, 7) is 2.74. The predicted octanol–water partition coefficient (Wildman–Crippen LogP) is 3.17. The van der Waals surface area contributed by atoms with E-state index in [1.165, 1.54) is 11.3 Å². The van der Waals surface area contributed by atoms with Crippen molar-refractivity contribution in [2.24, 2.45) is 5.92 Å². The molecule has 0 bridgehead atoms. The van der Waals surface area contributed by atoms with Crippen LogP contribution in [-0.2, 0) is 0 Å². The number of halogens is 1. The Morgan fingerprint density at radius 1 is 1.29 bits per heavy atom. The van der Waals surface area contributed by atoms with E-state index >= 15 is 0 Å². The SMILES string of the molecule is O=C(Nc1cccc(OCC2CCNCC2)n1)Nc1csc(I)n1. The second-order valence-corrected chi connectivity index (χ2v) is 8.04. The van der Waals surface area contributed by atoms with Crippen LogP contribution in [0.25, 0.3) is 0 Å². The molecule has 2 aromatic heterocycles. The van der Waals surface area contributed by atoms with Crippen LogP contribution in [0.15, 0.2) is 23.6 Å². The standard InChI is InChI=1S/C15H18IN5O2S/c16-14-19-12(9-24-14)21-15(22)20-11-2-1-3-13(18-11)23-8-10-4-6-17-7-5-10/h1-3,9-10,17H,4-8H2,(H2,18,20,21,22). The maximum absolute atomic E-state index is 12.0. The van der Waals surface area contributed by atoms with Gasteiger partial charge in [-0.2, -0.15) is 4.98 Å². The van der Waals surface area contributed by atoms with Crippen molar-refractivity contribution in [3.8, 4) is 5.88 Å². The minimum absolute atomic E-state index is 0.375. The lowest BCUT2D eigenvalue weighted by atomic mass is 9.99. The molecule has 2 amide bonds. The number of carbonyl (C=O) groups is 1. The van der Waals surface area contributed by atoms with Gasteiger partial charge < -0.3 is 10.1 Å². The second kappa shape index (κ2) is 8.58. The van der Waals surface area contributed by atoms with E-state index in [-0.39, 0.29) is 6.03 Å². The Balaban J connectivity index is 1.51. The molecular formula is C15H18IN5O2S. The molecule has 1 saturated heterocycles. The van der Waals surface area contributed by atoms with E-state index in [4.69, 9.17) is 4.74 Å². The summed E-state index contributed by atoms with van der Waals surface area (Å²) < 4.78 is 6.64. The molecule has 3 heterocycles. The highest BCUT2D eigenvalue weighted by atomic mass is 127. The molecule has 7 nitrogen and oxygen atoms in total. The van der Waals surface area contributed by atoms with Crippen LogP contribution in [0.5, 0.6) is 5.88 Å². The molecule has 3 rings (SSSR count). The van der Waals surface area contributed by atoms with Crippen LogP contribution in [0.3, 0.4) is 0 Å². The summed E-state index contributed by atoms with van der Waals surface area (Å²) in [6, 6.07) is 4.96. The van der Waals surface area contributed by atoms with E-state index in [1.54, 1.807) is 17.5 Å². The third kappa shape index (κ3) is 5.28. The van der Waals surface area contributed by atoms with E-state index in [9.17, 15) is 4.79 Å². The van der Waals surface area contributed by atoms with Gasteiger partial charge in [-0.05, 0) is 60.5 Å². The van der Waals surface area contributed by atoms with Crippen molar-refractivity contribution >= 4 is 51.6 Å². The third-order valence-corrected chi connectivity index (χ3v) is 5.24. The van der Waals surface area contributed by atoms with E-state index in [0.29, 0.717) is 30.0 Å². The number of rotatable bonds is 5. The van der Waals surface area contributed by atoms with Gasteiger partial charge in [0.15, 0.2) is 3.01 Å². The van der Waals surface area contributed by atoms with Gasteiger partial charge in [0.05, 0.1) is 6.61 Å². The smallest absolute Gasteiger partial charge is 0.326 e. The minimum atomic E-state index is -0.375. The Kier molecular flexibility index (Phi) is 6.21.